The molecule has 0 bridgehead atoms. The van der Waals surface area contributed by atoms with Crippen LogP contribution in [0.3, 0.4) is 0 Å². The fraction of sp³-hybridized carbons (Fsp3) is 0.409. The number of aromatic nitrogens is 4. The summed E-state index contributed by atoms with van der Waals surface area (Å²) in [5, 5.41) is 7.37. The molecule has 0 aliphatic rings. The molecule has 0 radical (unpaired) electrons. The second-order valence-electron chi connectivity index (χ2n) is 8.70. The highest BCUT2D eigenvalue weighted by atomic mass is 35.5. The van der Waals surface area contributed by atoms with Crippen molar-refractivity contribution >= 4 is 36.5 Å². The molecular formula is C22H32Cl2N6O. The molecule has 1 atom stereocenters. The maximum atomic E-state index is 12.5. The van der Waals surface area contributed by atoms with Crippen molar-refractivity contribution in [3.05, 3.63) is 65.9 Å². The van der Waals surface area contributed by atoms with Gasteiger partial charge in [-0.05, 0) is 17.4 Å². The third kappa shape index (κ3) is 8.01. The topological polar surface area (TPSA) is 90.8 Å². The molecule has 0 aliphatic carbocycles. The monoisotopic (exact) mass is 466 g/mol. The molecule has 3 rings (SSSR count). The first-order chi connectivity index (χ1) is 13.7. The Balaban J connectivity index is 0.00000240. The molecule has 1 amide bonds. The molecule has 7 nitrogen and oxygen atoms in total. The van der Waals surface area contributed by atoms with Crippen LogP contribution in [0.1, 0.15) is 37.7 Å². The number of nitrogens with two attached hydrogens (primary N) is 1. The fourth-order valence-electron chi connectivity index (χ4n) is 3.20. The smallest absolute Gasteiger partial charge is 0.242 e. The lowest BCUT2D eigenvalue weighted by Crippen LogP contribution is -2.38. The van der Waals surface area contributed by atoms with E-state index in [1.165, 1.54) is 5.56 Å². The van der Waals surface area contributed by atoms with Gasteiger partial charge in [-0.1, -0.05) is 51.1 Å². The van der Waals surface area contributed by atoms with Gasteiger partial charge in [-0.15, -0.1) is 24.8 Å². The number of carbonyl (C=O) groups is 1. The summed E-state index contributed by atoms with van der Waals surface area (Å²) in [5.74, 6) is 0.409. The number of benzene rings is 1. The summed E-state index contributed by atoms with van der Waals surface area (Å²) in [6.07, 6.45) is 4.92. The van der Waals surface area contributed by atoms with Crippen LogP contribution in [0.25, 0.3) is 0 Å². The van der Waals surface area contributed by atoms with Gasteiger partial charge in [-0.2, -0.15) is 5.10 Å². The van der Waals surface area contributed by atoms with Crippen molar-refractivity contribution in [3.8, 4) is 0 Å². The number of anilines is 1. The van der Waals surface area contributed by atoms with Crippen LogP contribution in [-0.2, 0) is 31.2 Å². The number of hydrogen-bond acceptors (Lipinski definition) is 4. The van der Waals surface area contributed by atoms with Crippen molar-refractivity contribution in [1.82, 2.24) is 19.3 Å². The second-order valence-corrected chi connectivity index (χ2v) is 8.70. The Morgan fingerprint density at radius 3 is 2.48 bits per heavy atom. The van der Waals surface area contributed by atoms with E-state index in [0.29, 0.717) is 12.2 Å². The summed E-state index contributed by atoms with van der Waals surface area (Å²) in [4.78, 5) is 16.9. The Hall–Kier alpha value is -2.35. The van der Waals surface area contributed by atoms with Crippen LogP contribution in [0.15, 0.2) is 48.9 Å². The van der Waals surface area contributed by atoms with E-state index in [-0.39, 0.29) is 36.1 Å². The maximum Gasteiger partial charge on any atom is 0.242 e. The van der Waals surface area contributed by atoms with Gasteiger partial charge in [0.1, 0.15) is 5.82 Å². The molecule has 170 valence electrons. The van der Waals surface area contributed by atoms with Crippen molar-refractivity contribution in [1.29, 1.82) is 0 Å². The summed E-state index contributed by atoms with van der Waals surface area (Å²) >= 11 is 0. The van der Waals surface area contributed by atoms with E-state index >= 15 is 0 Å². The fourth-order valence-corrected chi connectivity index (χ4v) is 3.20. The van der Waals surface area contributed by atoms with Crippen molar-refractivity contribution in [2.75, 3.05) is 5.32 Å². The van der Waals surface area contributed by atoms with Gasteiger partial charge < -0.3 is 15.6 Å². The summed E-state index contributed by atoms with van der Waals surface area (Å²) in [7, 11) is 1.82. The van der Waals surface area contributed by atoms with Gasteiger partial charge in [-0.25, -0.2) is 4.98 Å². The number of amides is 1. The largest absolute Gasteiger partial charge is 0.333 e. The molecule has 2 aromatic heterocycles. The zero-order valence-corrected chi connectivity index (χ0v) is 20.0. The lowest BCUT2D eigenvalue weighted by atomic mass is 9.91. The first-order valence-electron chi connectivity index (χ1n) is 9.83. The number of imidazole rings is 1. The summed E-state index contributed by atoms with van der Waals surface area (Å²) in [6, 6.07) is 11.4. The van der Waals surface area contributed by atoms with Crippen LogP contribution in [0.4, 0.5) is 5.82 Å². The molecule has 3 aromatic rings. The molecule has 0 aliphatic heterocycles. The highest BCUT2D eigenvalue weighted by Crippen LogP contribution is 2.21. The molecule has 0 saturated carbocycles. The Labute approximate surface area is 196 Å². The number of halogens is 2. The van der Waals surface area contributed by atoms with Crippen molar-refractivity contribution in [2.24, 2.45) is 18.2 Å². The molecule has 3 N–H and O–H groups in total. The van der Waals surface area contributed by atoms with E-state index in [1.807, 2.05) is 42.1 Å². The summed E-state index contributed by atoms with van der Waals surface area (Å²) in [6.45, 7) is 7.22. The first-order valence-corrected chi connectivity index (χ1v) is 9.83. The first kappa shape index (κ1) is 26.7. The van der Waals surface area contributed by atoms with Crippen molar-refractivity contribution in [3.63, 3.8) is 0 Å². The van der Waals surface area contributed by atoms with E-state index in [9.17, 15) is 4.79 Å². The molecule has 2 heterocycles. The Bertz CT molecular complexity index is 962. The lowest BCUT2D eigenvalue weighted by Gasteiger charge is -2.15. The highest BCUT2D eigenvalue weighted by molar-refractivity contribution is 5.94. The molecule has 1 aromatic carbocycles. The van der Waals surface area contributed by atoms with Gasteiger partial charge in [0.25, 0.3) is 0 Å². The van der Waals surface area contributed by atoms with Gasteiger partial charge in [0.05, 0.1) is 23.8 Å². The second kappa shape index (κ2) is 11.3. The van der Waals surface area contributed by atoms with Gasteiger partial charge in [-0.3, -0.25) is 9.48 Å². The average Bonchev–Trinajstić information content (AvgIpc) is 3.20. The average molecular weight is 467 g/mol. The van der Waals surface area contributed by atoms with E-state index in [1.54, 1.807) is 11.0 Å². The number of nitrogens with one attached hydrogen (secondary N) is 1. The molecule has 0 fully saturated rings. The predicted octanol–water partition coefficient (Wildman–Crippen LogP) is 3.61. The minimum atomic E-state index is -0.684. The number of rotatable bonds is 7. The van der Waals surface area contributed by atoms with E-state index in [4.69, 9.17) is 5.73 Å². The van der Waals surface area contributed by atoms with Crippen LogP contribution in [0, 0.1) is 5.41 Å². The lowest BCUT2D eigenvalue weighted by molar-refractivity contribution is -0.117. The molecule has 9 heteroatoms. The summed E-state index contributed by atoms with van der Waals surface area (Å²) < 4.78 is 3.68. The Morgan fingerprint density at radius 1 is 1.16 bits per heavy atom. The zero-order chi connectivity index (χ0) is 21.0. The normalized spacial score (nSPS) is 11.9. The van der Waals surface area contributed by atoms with Gasteiger partial charge in [0.15, 0.2) is 0 Å². The molecular weight excluding hydrogens is 435 g/mol. The van der Waals surface area contributed by atoms with Crippen LogP contribution in [0.5, 0.6) is 0 Å². The predicted molar refractivity (Wildman–Crippen MR) is 129 cm³/mol. The minimum Gasteiger partial charge on any atom is -0.333 e. The van der Waals surface area contributed by atoms with Crippen LogP contribution < -0.4 is 11.1 Å². The number of hydrogen-bond donors (Lipinski definition) is 2. The van der Waals surface area contributed by atoms with Gasteiger partial charge in [0, 0.05) is 32.3 Å². The maximum absolute atomic E-state index is 12.5. The highest BCUT2D eigenvalue weighted by Gasteiger charge is 2.19. The molecule has 0 unspecified atom stereocenters. The van der Waals surface area contributed by atoms with Gasteiger partial charge in [0.2, 0.25) is 5.91 Å². The quantitative estimate of drug-likeness (QED) is 0.556. The standard InChI is InChI=1S/C22H30N6O.2ClH/c1-22(2,3)12-17-11-20(27(4)26-17)25-21(29)19(23)10-18-14-28(15-24-18)13-16-8-6-5-7-9-16;;/h5-9,11,14-15,19H,10,12-13,23H2,1-4H3,(H,25,29);2*1H/t19-;;/m0../s1. The molecule has 31 heavy (non-hydrogen) atoms. The zero-order valence-electron chi connectivity index (χ0n) is 18.4. The van der Waals surface area contributed by atoms with E-state index < -0.39 is 6.04 Å². The number of nitrogens with zero attached hydrogens (tertiary/aromatic N) is 4. The van der Waals surface area contributed by atoms with Crippen LogP contribution in [0.2, 0.25) is 0 Å². The third-order valence-corrected chi connectivity index (χ3v) is 4.55. The Kier molecular flexibility index (Phi) is 9.74. The molecule has 0 saturated heterocycles. The minimum absolute atomic E-state index is 0. The van der Waals surface area contributed by atoms with Gasteiger partial charge >= 0.3 is 0 Å². The summed E-state index contributed by atoms with van der Waals surface area (Å²) in [5.41, 5.74) is 9.19. The number of aryl methyl sites for hydroxylation is 1. The van der Waals surface area contributed by atoms with Crippen LogP contribution in [-0.4, -0.2) is 31.3 Å². The van der Waals surface area contributed by atoms with Crippen LogP contribution >= 0.6 is 24.8 Å². The number of carbonyl (C=O) groups excluding carboxylic acids is 1. The van der Waals surface area contributed by atoms with E-state index in [0.717, 1.165) is 24.4 Å². The van der Waals surface area contributed by atoms with Crippen molar-refractivity contribution in [2.45, 2.75) is 46.2 Å². The SMILES string of the molecule is Cl.Cl.Cn1nc(CC(C)(C)C)cc1NC(=O)[C@@H](N)Cc1cn(Cc2ccccc2)cn1. The molecule has 0 spiro atoms. The Morgan fingerprint density at radius 2 is 1.84 bits per heavy atom. The van der Waals surface area contributed by atoms with Crippen molar-refractivity contribution < 1.29 is 4.79 Å². The van der Waals surface area contributed by atoms with E-state index in [2.05, 4.69) is 48.3 Å². The third-order valence-electron chi connectivity index (χ3n) is 4.55.